The maximum absolute atomic E-state index is 12.2. The zero-order chi connectivity index (χ0) is 17.5. The summed E-state index contributed by atoms with van der Waals surface area (Å²) in [6, 6.07) is 3.42. The standard InChI is InChI=1S/C16H15Cl2N3O3.ClH/c1-2-24-14(22)6-5-10-3-4-11(7-20-10)21-16(23)15-12(17)8-19-9-13(15)18;/h3-4,7-9H,2,5-6H2,1H3,(H,21,23);1H. The number of amides is 1. The number of esters is 1. The minimum atomic E-state index is -0.450. The Kier molecular flexibility index (Phi) is 8.61. The molecule has 6 nitrogen and oxygen atoms in total. The Morgan fingerprint density at radius 3 is 2.40 bits per heavy atom. The smallest absolute Gasteiger partial charge is 0.306 e. The summed E-state index contributed by atoms with van der Waals surface area (Å²) in [5.74, 6) is -0.716. The molecule has 1 amide bonds. The fraction of sp³-hybridized carbons (Fsp3) is 0.250. The average molecular weight is 405 g/mol. The van der Waals surface area contributed by atoms with E-state index >= 15 is 0 Å². The number of pyridine rings is 2. The van der Waals surface area contributed by atoms with Gasteiger partial charge in [-0.15, -0.1) is 12.4 Å². The second-order valence-electron chi connectivity index (χ2n) is 4.78. The van der Waals surface area contributed by atoms with Crippen molar-refractivity contribution in [2.45, 2.75) is 19.8 Å². The maximum atomic E-state index is 12.2. The first-order valence-corrected chi connectivity index (χ1v) is 7.97. The lowest BCUT2D eigenvalue weighted by atomic mass is 10.2. The van der Waals surface area contributed by atoms with Gasteiger partial charge in [0.1, 0.15) is 0 Å². The summed E-state index contributed by atoms with van der Waals surface area (Å²) in [5.41, 5.74) is 1.37. The Balaban J connectivity index is 0.00000312. The van der Waals surface area contributed by atoms with Crippen LogP contribution in [0.15, 0.2) is 30.7 Å². The van der Waals surface area contributed by atoms with Gasteiger partial charge >= 0.3 is 5.97 Å². The molecule has 2 rings (SSSR count). The number of nitrogens with one attached hydrogen (secondary N) is 1. The molecule has 0 spiro atoms. The predicted molar refractivity (Wildman–Crippen MR) is 98.6 cm³/mol. The zero-order valence-electron chi connectivity index (χ0n) is 13.3. The molecular weight excluding hydrogens is 389 g/mol. The molecule has 2 aromatic heterocycles. The molecule has 0 radical (unpaired) electrons. The van der Waals surface area contributed by atoms with Crippen LogP contribution in [0, 0.1) is 0 Å². The van der Waals surface area contributed by atoms with Gasteiger partial charge in [0.25, 0.3) is 5.91 Å². The van der Waals surface area contributed by atoms with Crippen molar-refractivity contribution in [1.82, 2.24) is 9.97 Å². The molecule has 1 N–H and O–H groups in total. The largest absolute Gasteiger partial charge is 0.466 e. The van der Waals surface area contributed by atoms with Crippen LogP contribution < -0.4 is 5.32 Å². The molecule has 0 aliphatic heterocycles. The van der Waals surface area contributed by atoms with Gasteiger partial charge < -0.3 is 10.1 Å². The van der Waals surface area contributed by atoms with E-state index in [1.165, 1.54) is 18.6 Å². The summed E-state index contributed by atoms with van der Waals surface area (Å²) in [6.07, 6.45) is 4.92. The minimum Gasteiger partial charge on any atom is -0.466 e. The van der Waals surface area contributed by atoms with Gasteiger partial charge in [-0.1, -0.05) is 23.2 Å². The second-order valence-corrected chi connectivity index (χ2v) is 5.59. The number of aromatic nitrogens is 2. The Morgan fingerprint density at radius 2 is 1.84 bits per heavy atom. The molecule has 2 heterocycles. The van der Waals surface area contributed by atoms with E-state index in [0.717, 1.165) is 5.69 Å². The number of ether oxygens (including phenoxy) is 1. The van der Waals surface area contributed by atoms with Crippen molar-refractivity contribution < 1.29 is 14.3 Å². The van der Waals surface area contributed by atoms with Crippen LogP contribution in [0.4, 0.5) is 5.69 Å². The van der Waals surface area contributed by atoms with Crippen molar-refractivity contribution in [3.8, 4) is 0 Å². The highest BCUT2D eigenvalue weighted by atomic mass is 35.5. The molecule has 2 aromatic rings. The molecule has 0 aliphatic rings. The van der Waals surface area contributed by atoms with Gasteiger partial charge in [-0.05, 0) is 19.1 Å². The van der Waals surface area contributed by atoms with Crippen molar-refractivity contribution in [1.29, 1.82) is 0 Å². The van der Waals surface area contributed by atoms with Crippen LogP contribution in [0.5, 0.6) is 0 Å². The number of hydrogen-bond acceptors (Lipinski definition) is 5. The molecule has 0 aliphatic carbocycles. The number of anilines is 1. The fourth-order valence-electron chi connectivity index (χ4n) is 1.93. The topological polar surface area (TPSA) is 81.2 Å². The molecule has 0 unspecified atom stereocenters. The van der Waals surface area contributed by atoms with E-state index in [0.29, 0.717) is 18.7 Å². The third-order valence-electron chi connectivity index (χ3n) is 3.05. The van der Waals surface area contributed by atoms with Gasteiger partial charge in [-0.3, -0.25) is 19.6 Å². The lowest BCUT2D eigenvalue weighted by molar-refractivity contribution is -0.143. The van der Waals surface area contributed by atoms with Crippen LogP contribution in [0.2, 0.25) is 10.0 Å². The molecule has 25 heavy (non-hydrogen) atoms. The zero-order valence-corrected chi connectivity index (χ0v) is 15.6. The highest BCUT2D eigenvalue weighted by molar-refractivity contribution is 6.40. The maximum Gasteiger partial charge on any atom is 0.306 e. The molecule has 0 saturated heterocycles. The van der Waals surface area contributed by atoms with E-state index in [9.17, 15) is 9.59 Å². The van der Waals surface area contributed by atoms with Crippen molar-refractivity contribution >= 4 is 53.2 Å². The first kappa shape index (κ1) is 21.2. The van der Waals surface area contributed by atoms with E-state index in [1.54, 1.807) is 19.1 Å². The summed E-state index contributed by atoms with van der Waals surface area (Å²) in [5, 5.41) is 2.99. The predicted octanol–water partition coefficient (Wildman–Crippen LogP) is 3.95. The van der Waals surface area contributed by atoms with Gasteiger partial charge in [0, 0.05) is 24.5 Å². The number of carbonyl (C=O) groups is 2. The van der Waals surface area contributed by atoms with E-state index in [2.05, 4.69) is 15.3 Å². The SMILES string of the molecule is CCOC(=O)CCc1ccc(NC(=O)c2c(Cl)cncc2Cl)cn1.Cl. The molecule has 0 bridgehead atoms. The molecule has 0 aromatic carbocycles. The Morgan fingerprint density at radius 1 is 1.16 bits per heavy atom. The lowest BCUT2D eigenvalue weighted by Gasteiger charge is -2.08. The van der Waals surface area contributed by atoms with Gasteiger partial charge in [0.2, 0.25) is 0 Å². The van der Waals surface area contributed by atoms with Crippen LogP contribution in [-0.4, -0.2) is 28.5 Å². The van der Waals surface area contributed by atoms with Gasteiger partial charge in [-0.2, -0.15) is 0 Å². The summed E-state index contributed by atoms with van der Waals surface area (Å²) in [7, 11) is 0. The van der Waals surface area contributed by atoms with Crippen LogP contribution in [0.3, 0.4) is 0 Å². The minimum absolute atomic E-state index is 0. The molecule has 134 valence electrons. The van der Waals surface area contributed by atoms with Crippen LogP contribution in [-0.2, 0) is 16.0 Å². The normalized spacial score (nSPS) is 9.88. The second kappa shape index (κ2) is 10.2. The highest BCUT2D eigenvalue weighted by Gasteiger charge is 2.15. The summed E-state index contributed by atoms with van der Waals surface area (Å²) >= 11 is 11.9. The third-order valence-corrected chi connectivity index (χ3v) is 3.63. The van der Waals surface area contributed by atoms with Crippen LogP contribution in [0.25, 0.3) is 0 Å². The summed E-state index contributed by atoms with van der Waals surface area (Å²) in [6.45, 7) is 2.12. The van der Waals surface area contributed by atoms with Crippen LogP contribution in [0.1, 0.15) is 29.4 Å². The number of nitrogens with zero attached hydrogens (tertiary/aromatic N) is 2. The average Bonchev–Trinajstić information content (AvgIpc) is 2.54. The van der Waals surface area contributed by atoms with Crippen LogP contribution >= 0.6 is 35.6 Å². The Labute approximate surface area is 161 Å². The van der Waals surface area contributed by atoms with E-state index in [4.69, 9.17) is 27.9 Å². The van der Waals surface area contributed by atoms with Gasteiger partial charge in [0.05, 0.1) is 40.5 Å². The Hall–Kier alpha value is -1.89. The molecular formula is C16H16Cl3N3O3. The quantitative estimate of drug-likeness (QED) is 0.737. The third kappa shape index (κ3) is 6.16. The fourth-order valence-corrected chi connectivity index (χ4v) is 2.47. The molecule has 0 fully saturated rings. The van der Waals surface area contributed by atoms with Gasteiger partial charge in [0.15, 0.2) is 0 Å². The van der Waals surface area contributed by atoms with Crippen molar-refractivity contribution in [3.63, 3.8) is 0 Å². The molecule has 0 atom stereocenters. The molecule has 0 saturated carbocycles. The lowest BCUT2D eigenvalue weighted by Crippen LogP contribution is -2.13. The number of halogens is 3. The first-order valence-electron chi connectivity index (χ1n) is 7.22. The van der Waals surface area contributed by atoms with E-state index < -0.39 is 5.91 Å². The first-order chi connectivity index (χ1) is 11.5. The molecule has 9 heteroatoms. The number of aryl methyl sites for hydroxylation is 1. The van der Waals surface area contributed by atoms with Crippen molar-refractivity contribution in [3.05, 3.63) is 52.0 Å². The summed E-state index contributed by atoms with van der Waals surface area (Å²) < 4.78 is 4.86. The van der Waals surface area contributed by atoms with E-state index in [-0.39, 0.29) is 40.4 Å². The number of rotatable bonds is 6. The monoisotopic (exact) mass is 403 g/mol. The highest BCUT2D eigenvalue weighted by Crippen LogP contribution is 2.23. The van der Waals surface area contributed by atoms with E-state index in [1.807, 2.05) is 0 Å². The van der Waals surface area contributed by atoms with Crippen molar-refractivity contribution in [2.75, 3.05) is 11.9 Å². The number of carbonyl (C=O) groups excluding carboxylic acids is 2. The van der Waals surface area contributed by atoms with Gasteiger partial charge in [-0.25, -0.2) is 0 Å². The Bertz CT molecular complexity index is 719. The number of hydrogen-bond donors (Lipinski definition) is 1. The summed E-state index contributed by atoms with van der Waals surface area (Å²) in [4.78, 5) is 31.5. The van der Waals surface area contributed by atoms with Crippen molar-refractivity contribution in [2.24, 2.45) is 0 Å².